The molecule has 228 valence electrons. The fourth-order valence-electron chi connectivity index (χ4n) is 5.40. The monoisotopic (exact) mass is 629 g/mol. The topological polar surface area (TPSA) is 86.8 Å². The SMILES string of the molecule is O=C(NCc1ccc(Cl)cc1)[C@H](c1ccccc1)N(Cc1ccccc1)C(=O)CCc1ccc(S(=O)(=O)N2CCCC2)cc1. The van der Waals surface area contributed by atoms with Gasteiger partial charge in [0.15, 0.2) is 0 Å². The van der Waals surface area contributed by atoms with Crippen molar-refractivity contribution in [2.45, 2.75) is 49.7 Å². The molecule has 0 aliphatic carbocycles. The Morgan fingerprint density at radius 2 is 1.36 bits per heavy atom. The second-order valence-corrected chi connectivity index (χ2v) is 13.3. The highest BCUT2D eigenvalue weighted by molar-refractivity contribution is 7.89. The van der Waals surface area contributed by atoms with E-state index < -0.39 is 16.1 Å². The Bertz CT molecular complexity index is 1640. The first kappa shape index (κ1) is 31.4. The lowest BCUT2D eigenvalue weighted by atomic mass is 10.0. The zero-order chi connectivity index (χ0) is 30.9. The van der Waals surface area contributed by atoms with Gasteiger partial charge in [0, 0.05) is 37.6 Å². The molecule has 2 amide bonds. The van der Waals surface area contributed by atoms with E-state index in [-0.39, 0.29) is 29.7 Å². The van der Waals surface area contributed by atoms with Crippen LogP contribution in [0.4, 0.5) is 0 Å². The molecule has 4 aromatic carbocycles. The number of benzene rings is 4. The van der Waals surface area contributed by atoms with Crippen LogP contribution in [0.2, 0.25) is 5.02 Å². The molecule has 1 aliphatic rings. The number of hydrogen-bond donors (Lipinski definition) is 1. The minimum atomic E-state index is -3.51. The van der Waals surface area contributed by atoms with Crippen LogP contribution in [0.15, 0.2) is 114 Å². The van der Waals surface area contributed by atoms with Crippen LogP contribution >= 0.6 is 11.6 Å². The first-order chi connectivity index (χ1) is 21.3. The van der Waals surface area contributed by atoms with Crippen molar-refractivity contribution in [1.82, 2.24) is 14.5 Å². The summed E-state index contributed by atoms with van der Waals surface area (Å²) >= 11 is 6.03. The molecule has 0 bridgehead atoms. The Morgan fingerprint density at radius 1 is 0.773 bits per heavy atom. The summed E-state index contributed by atoms with van der Waals surface area (Å²) in [4.78, 5) is 29.7. The van der Waals surface area contributed by atoms with Crippen LogP contribution < -0.4 is 5.32 Å². The molecule has 44 heavy (non-hydrogen) atoms. The van der Waals surface area contributed by atoms with Gasteiger partial charge in [-0.2, -0.15) is 4.31 Å². The third kappa shape index (κ3) is 7.94. The number of nitrogens with one attached hydrogen (secondary N) is 1. The van der Waals surface area contributed by atoms with Gasteiger partial charge < -0.3 is 10.2 Å². The van der Waals surface area contributed by atoms with Crippen LogP contribution in [0.5, 0.6) is 0 Å². The molecule has 0 saturated carbocycles. The molecular weight excluding hydrogens is 594 g/mol. The highest BCUT2D eigenvalue weighted by Gasteiger charge is 2.31. The number of sulfonamides is 1. The molecule has 1 aliphatic heterocycles. The fourth-order valence-corrected chi connectivity index (χ4v) is 7.04. The molecular formula is C35H36ClN3O4S. The molecule has 4 aromatic rings. The lowest BCUT2D eigenvalue weighted by Gasteiger charge is -2.32. The number of amides is 2. The molecule has 1 fully saturated rings. The maximum atomic E-state index is 14.0. The summed E-state index contributed by atoms with van der Waals surface area (Å²) in [5.41, 5.74) is 3.36. The first-order valence-corrected chi connectivity index (χ1v) is 16.6. The van der Waals surface area contributed by atoms with Crippen molar-refractivity contribution in [3.05, 3.63) is 136 Å². The summed E-state index contributed by atoms with van der Waals surface area (Å²) < 4.78 is 27.4. The van der Waals surface area contributed by atoms with Crippen LogP contribution in [0.1, 0.15) is 47.6 Å². The molecule has 5 rings (SSSR count). The van der Waals surface area contributed by atoms with Crippen molar-refractivity contribution in [2.24, 2.45) is 0 Å². The maximum absolute atomic E-state index is 14.0. The molecule has 0 unspecified atom stereocenters. The fraction of sp³-hybridized carbons (Fsp3) is 0.257. The number of aryl methyl sites for hydroxylation is 1. The Balaban J connectivity index is 1.36. The predicted octanol–water partition coefficient (Wildman–Crippen LogP) is 6.14. The van der Waals surface area contributed by atoms with Gasteiger partial charge in [-0.3, -0.25) is 9.59 Å². The van der Waals surface area contributed by atoms with E-state index in [2.05, 4.69) is 5.32 Å². The van der Waals surface area contributed by atoms with Crippen molar-refractivity contribution in [2.75, 3.05) is 13.1 Å². The summed E-state index contributed by atoms with van der Waals surface area (Å²) in [5.74, 6) is -0.468. The van der Waals surface area contributed by atoms with Crippen LogP contribution in [0.3, 0.4) is 0 Å². The van der Waals surface area contributed by atoms with E-state index in [4.69, 9.17) is 11.6 Å². The Hall–Kier alpha value is -3.98. The van der Waals surface area contributed by atoms with Gasteiger partial charge in [0.25, 0.3) is 0 Å². The summed E-state index contributed by atoms with van der Waals surface area (Å²) in [6.07, 6.45) is 2.31. The second-order valence-electron chi connectivity index (χ2n) is 10.9. The number of nitrogens with zero attached hydrogens (tertiary/aromatic N) is 2. The lowest BCUT2D eigenvalue weighted by Crippen LogP contribution is -2.43. The number of carbonyl (C=O) groups is 2. The molecule has 0 spiro atoms. The van der Waals surface area contributed by atoms with Gasteiger partial charge in [0.05, 0.1) is 4.90 Å². The van der Waals surface area contributed by atoms with Crippen LogP contribution in [0.25, 0.3) is 0 Å². The predicted molar refractivity (Wildman–Crippen MR) is 172 cm³/mol. The van der Waals surface area contributed by atoms with Gasteiger partial charge in [-0.1, -0.05) is 96.5 Å². The Kier molecular flexibility index (Phi) is 10.5. The minimum Gasteiger partial charge on any atom is -0.350 e. The molecule has 7 nitrogen and oxygen atoms in total. The lowest BCUT2D eigenvalue weighted by molar-refractivity contribution is -0.141. The van der Waals surface area contributed by atoms with Crippen molar-refractivity contribution < 1.29 is 18.0 Å². The summed E-state index contributed by atoms with van der Waals surface area (Å²) in [5, 5.41) is 3.63. The zero-order valence-electron chi connectivity index (χ0n) is 24.4. The Morgan fingerprint density at radius 3 is 2.00 bits per heavy atom. The van der Waals surface area contributed by atoms with Crippen molar-refractivity contribution in [3.8, 4) is 0 Å². The van der Waals surface area contributed by atoms with Gasteiger partial charge in [-0.15, -0.1) is 0 Å². The van der Waals surface area contributed by atoms with Crippen molar-refractivity contribution >= 4 is 33.4 Å². The molecule has 9 heteroatoms. The van der Waals surface area contributed by atoms with Crippen molar-refractivity contribution in [3.63, 3.8) is 0 Å². The average molecular weight is 630 g/mol. The van der Waals surface area contributed by atoms with E-state index in [1.54, 1.807) is 41.3 Å². The number of hydrogen-bond acceptors (Lipinski definition) is 4. The van der Waals surface area contributed by atoms with Gasteiger partial charge in [-0.05, 0) is 65.8 Å². The highest BCUT2D eigenvalue weighted by atomic mass is 35.5. The average Bonchev–Trinajstić information content (AvgIpc) is 3.61. The maximum Gasteiger partial charge on any atom is 0.247 e. The summed E-state index contributed by atoms with van der Waals surface area (Å²) in [7, 11) is -3.51. The summed E-state index contributed by atoms with van der Waals surface area (Å²) in [6, 6.07) is 32.1. The van der Waals surface area contributed by atoms with Crippen LogP contribution in [-0.2, 0) is 39.1 Å². The van der Waals surface area contributed by atoms with Crippen molar-refractivity contribution in [1.29, 1.82) is 0 Å². The quantitative estimate of drug-likeness (QED) is 0.204. The Labute approximate surface area is 264 Å². The number of rotatable bonds is 12. The van der Waals surface area contributed by atoms with Gasteiger partial charge >= 0.3 is 0 Å². The van der Waals surface area contributed by atoms with Crippen LogP contribution in [-0.4, -0.2) is 42.5 Å². The van der Waals surface area contributed by atoms with Gasteiger partial charge in [0.2, 0.25) is 21.8 Å². The molecule has 1 heterocycles. The van der Waals surface area contributed by atoms with E-state index in [1.807, 2.05) is 72.8 Å². The number of carbonyl (C=O) groups excluding carboxylic acids is 2. The molecule has 1 atom stereocenters. The molecule has 1 saturated heterocycles. The second kappa shape index (κ2) is 14.7. The first-order valence-electron chi connectivity index (χ1n) is 14.8. The van der Waals surface area contributed by atoms with Gasteiger partial charge in [-0.25, -0.2) is 8.42 Å². The summed E-state index contributed by atoms with van der Waals surface area (Å²) in [6.45, 7) is 1.64. The third-order valence-corrected chi connectivity index (χ3v) is 9.99. The minimum absolute atomic E-state index is 0.152. The van der Waals surface area contributed by atoms with E-state index >= 15 is 0 Å². The van der Waals surface area contributed by atoms with E-state index in [1.165, 1.54) is 4.31 Å². The van der Waals surface area contributed by atoms with E-state index in [9.17, 15) is 18.0 Å². The van der Waals surface area contributed by atoms with Crippen LogP contribution in [0, 0.1) is 0 Å². The van der Waals surface area contributed by atoms with E-state index in [0.29, 0.717) is 36.6 Å². The smallest absolute Gasteiger partial charge is 0.247 e. The normalized spacial score (nSPS) is 14.2. The molecule has 1 N–H and O–H groups in total. The molecule has 0 aromatic heterocycles. The third-order valence-electron chi connectivity index (χ3n) is 7.83. The number of halogens is 1. The van der Waals surface area contributed by atoms with E-state index in [0.717, 1.165) is 29.5 Å². The highest BCUT2D eigenvalue weighted by Crippen LogP contribution is 2.26. The zero-order valence-corrected chi connectivity index (χ0v) is 26.0. The standard InChI is InChI=1S/C35H36ClN3O4S/c36-31-18-13-28(14-19-31)25-37-35(41)34(30-11-5-2-6-12-30)39(26-29-9-3-1-4-10-29)33(40)22-17-27-15-20-32(21-16-27)44(42,43)38-23-7-8-24-38/h1-6,9-16,18-21,34H,7-8,17,22-26H2,(H,37,41)/t34-/m0/s1. The molecule has 0 radical (unpaired) electrons. The van der Waals surface area contributed by atoms with Gasteiger partial charge in [0.1, 0.15) is 6.04 Å². The largest absolute Gasteiger partial charge is 0.350 e.